The van der Waals surface area contributed by atoms with Gasteiger partial charge in [0.1, 0.15) is 6.04 Å². The molecule has 0 aliphatic rings. The van der Waals surface area contributed by atoms with Gasteiger partial charge in [0.25, 0.3) is 0 Å². The van der Waals surface area contributed by atoms with Crippen LogP contribution in [0.3, 0.4) is 0 Å². The van der Waals surface area contributed by atoms with E-state index in [4.69, 9.17) is 10.4 Å². The molecule has 0 saturated heterocycles. The molecule has 0 bridgehead atoms. The van der Waals surface area contributed by atoms with E-state index in [-0.39, 0.29) is 31.0 Å². The Morgan fingerprint density at radius 2 is 2.16 bits per heavy atom. The molecule has 8 heteroatoms. The number of carboxylic acid groups (broad SMARTS) is 1. The summed E-state index contributed by atoms with van der Waals surface area (Å²) in [6.07, 6.45) is -0.0980. The molecular weight excluding hydrogens is 272 g/mol. The van der Waals surface area contributed by atoms with Crippen LogP contribution in [0.15, 0.2) is 0 Å². The number of rotatable bonds is 9. The molecule has 0 radical (unpaired) electrons. The van der Waals surface area contributed by atoms with Crippen LogP contribution in [-0.2, 0) is 19.1 Å². The minimum Gasteiger partial charge on any atom is -0.480 e. The molecule has 0 aromatic rings. The summed E-state index contributed by atoms with van der Waals surface area (Å²) in [4.78, 5) is 33.4. The Bertz CT molecular complexity index is 367. The number of esters is 1. The molecule has 2 N–H and O–H groups in total. The van der Waals surface area contributed by atoms with Crippen molar-refractivity contribution in [1.29, 1.82) is 5.26 Å². The fourth-order valence-electron chi connectivity index (χ4n) is 1.18. The number of ether oxygens (including phenoxy) is 1. The molecule has 0 aliphatic carbocycles. The van der Waals surface area contributed by atoms with E-state index < -0.39 is 23.9 Å². The number of nitrogens with one attached hydrogen (secondary N) is 1. The second kappa shape index (κ2) is 10.2. The fourth-order valence-corrected chi connectivity index (χ4v) is 1.64. The quantitative estimate of drug-likeness (QED) is 0.458. The van der Waals surface area contributed by atoms with Gasteiger partial charge in [-0.1, -0.05) is 0 Å². The highest BCUT2D eigenvalue weighted by molar-refractivity contribution is 8.00. The molecule has 106 valence electrons. The van der Waals surface area contributed by atoms with Gasteiger partial charge in [-0.05, 0) is 13.3 Å². The van der Waals surface area contributed by atoms with Crippen LogP contribution in [0.25, 0.3) is 0 Å². The lowest BCUT2D eigenvalue weighted by atomic mass is 10.1. The van der Waals surface area contributed by atoms with E-state index >= 15 is 0 Å². The highest BCUT2D eigenvalue weighted by Gasteiger charge is 2.21. The predicted molar refractivity (Wildman–Crippen MR) is 68.4 cm³/mol. The van der Waals surface area contributed by atoms with Gasteiger partial charge in [-0.15, -0.1) is 11.8 Å². The third kappa shape index (κ3) is 8.90. The topological polar surface area (TPSA) is 116 Å². The van der Waals surface area contributed by atoms with E-state index in [0.717, 1.165) is 11.8 Å². The van der Waals surface area contributed by atoms with Gasteiger partial charge in [-0.2, -0.15) is 5.26 Å². The van der Waals surface area contributed by atoms with Crippen LogP contribution >= 0.6 is 11.8 Å². The van der Waals surface area contributed by atoms with Crippen molar-refractivity contribution in [2.24, 2.45) is 0 Å². The van der Waals surface area contributed by atoms with Gasteiger partial charge in [0, 0.05) is 6.42 Å². The Hall–Kier alpha value is -1.75. The van der Waals surface area contributed by atoms with Gasteiger partial charge in [0.05, 0.1) is 24.2 Å². The first-order chi connectivity index (χ1) is 9.01. The SMILES string of the molecule is CCOC(=O)CC[C@H](NC(=O)CSCC#N)C(=O)O. The number of carboxylic acids is 1. The number of carbonyl (C=O) groups excluding carboxylic acids is 2. The van der Waals surface area contributed by atoms with Gasteiger partial charge in [0.15, 0.2) is 0 Å². The molecular formula is C11H16N2O5S. The number of hydrogen-bond acceptors (Lipinski definition) is 6. The minimum atomic E-state index is -1.21. The molecule has 1 amide bonds. The second-order valence-corrected chi connectivity index (χ2v) is 4.44. The maximum atomic E-state index is 11.4. The molecule has 0 aliphatic heterocycles. The second-order valence-electron chi connectivity index (χ2n) is 3.45. The molecule has 0 saturated carbocycles. The Kier molecular flexibility index (Phi) is 9.26. The van der Waals surface area contributed by atoms with Crippen LogP contribution in [-0.4, -0.2) is 47.1 Å². The summed E-state index contributed by atoms with van der Waals surface area (Å²) in [5, 5.41) is 19.5. The first kappa shape index (κ1) is 17.2. The van der Waals surface area contributed by atoms with Crippen molar-refractivity contribution < 1.29 is 24.2 Å². The van der Waals surface area contributed by atoms with Crippen LogP contribution in [0.1, 0.15) is 19.8 Å². The van der Waals surface area contributed by atoms with Gasteiger partial charge in [-0.25, -0.2) is 4.79 Å². The standard InChI is InChI=1S/C11H16N2O5S/c1-2-18-10(15)4-3-8(11(16)17)13-9(14)7-19-6-5-12/h8H,2-4,6-7H2,1H3,(H,13,14)(H,16,17)/t8-/m0/s1. The van der Waals surface area contributed by atoms with Crippen molar-refractivity contribution in [2.45, 2.75) is 25.8 Å². The van der Waals surface area contributed by atoms with E-state index in [1.807, 2.05) is 6.07 Å². The minimum absolute atomic E-state index is 0.0107. The van der Waals surface area contributed by atoms with Crippen LogP contribution in [0, 0.1) is 11.3 Å². The van der Waals surface area contributed by atoms with Crippen molar-refractivity contribution in [3.05, 3.63) is 0 Å². The summed E-state index contributed by atoms with van der Waals surface area (Å²) in [5.74, 6) is -2.01. The highest BCUT2D eigenvalue weighted by atomic mass is 32.2. The zero-order valence-corrected chi connectivity index (χ0v) is 11.4. The predicted octanol–water partition coefficient (Wildman–Crippen LogP) is 0.156. The maximum Gasteiger partial charge on any atom is 0.326 e. The van der Waals surface area contributed by atoms with E-state index in [1.54, 1.807) is 6.92 Å². The number of thioether (sulfide) groups is 1. The number of nitrogens with zero attached hydrogens (tertiary/aromatic N) is 1. The monoisotopic (exact) mass is 288 g/mol. The lowest BCUT2D eigenvalue weighted by Gasteiger charge is -2.13. The summed E-state index contributed by atoms with van der Waals surface area (Å²) < 4.78 is 4.67. The molecule has 0 heterocycles. The van der Waals surface area contributed by atoms with E-state index in [2.05, 4.69) is 10.1 Å². The third-order valence-corrected chi connectivity index (χ3v) is 2.78. The molecule has 0 aromatic carbocycles. The molecule has 0 unspecified atom stereocenters. The zero-order valence-electron chi connectivity index (χ0n) is 10.5. The number of nitriles is 1. The number of carbonyl (C=O) groups is 3. The third-order valence-electron chi connectivity index (χ3n) is 1.98. The largest absolute Gasteiger partial charge is 0.480 e. The van der Waals surface area contributed by atoms with E-state index in [1.165, 1.54) is 0 Å². The summed E-state index contributed by atoms with van der Waals surface area (Å²) in [6, 6.07) is 0.733. The van der Waals surface area contributed by atoms with Crippen molar-refractivity contribution in [3.63, 3.8) is 0 Å². The lowest BCUT2D eigenvalue weighted by molar-refractivity contribution is -0.145. The van der Waals surface area contributed by atoms with Crippen LogP contribution < -0.4 is 5.32 Å². The number of hydrogen-bond donors (Lipinski definition) is 2. The normalized spacial score (nSPS) is 11.2. The van der Waals surface area contributed by atoms with Crippen molar-refractivity contribution in [2.75, 3.05) is 18.1 Å². The van der Waals surface area contributed by atoms with Crippen LogP contribution in [0.2, 0.25) is 0 Å². The molecule has 0 fully saturated rings. The van der Waals surface area contributed by atoms with Gasteiger partial charge >= 0.3 is 11.9 Å². The highest BCUT2D eigenvalue weighted by Crippen LogP contribution is 2.02. The zero-order chi connectivity index (χ0) is 14.7. The molecule has 0 spiro atoms. The van der Waals surface area contributed by atoms with E-state index in [9.17, 15) is 14.4 Å². The van der Waals surface area contributed by atoms with Gasteiger partial charge in [-0.3, -0.25) is 9.59 Å². The molecule has 7 nitrogen and oxygen atoms in total. The Balaban J connectivity index is 4.12. The summed E-state index contributed by atoms with van der Waals surface area (Å²) >= 11 is 1.09. The molecule has 0 aromatic heterocycles. The molecule has 19 heavy (non-hydrogen) atoms. The Morgan fingerprint density at radius 3 is 2.68 bits per heavy atom. The van der Waals surface area contributed by atoms with Crippen LogP contribution in [0.4, 0.5) is 0 Å². The average Bonchev–Trinajstić information content (AvgIpc) is 2.34. The van der Waals surface area contributed by atoms with Gasteiger partial charge in [0.2, 0.25) is 5.91 Å². The van der Waals surface area contributed by atoms with Crippen LogP contribution in [0.5, 0.6) is 0 Å². The number of aliphatic carboxylic acids is 1. The average molecular weight is 288 g/mol. The Morgan fingerprint density at radius 1 is 1.47 bits per heavy atom. The fraction of sp³-hybridized carbons (Fsp3) is 0.636. The number of amides is 1. The molecule has 0 rings (SSSR count). The smallest absolute Gasteiger partial charge is 0.326 e. The summed E-state index contributed by atoms with van der Waals surface area (Å²) in [7, 11) is 0. The van der Waals surface area contributed by atoms with Crippen molar-refractivity contribution in [1.82, 2.24) is 5.32 Å². The first-order valence-electron chi connectivity index (χ1n) is 5.63. The summed E-state index contributed by atoms with van der Waals surface area (Å²) in [5.41, 5.74) is 0. The molecule has 1 atom stereocenters. The van der Waals surface area contributed by atoms with Crippen molar-refractivity contribution in [3.8, 4) is 6.07 Å². The lowest BCUT2D eigenvalue weighted by Crippen LogP contribution is -2.42. The maximum absolute atomic E-state index is 11.4. The Labute approximate surface area is 115 Å². The van der Waals surface area contributed by atoms with E-state index in [0.29, 0.717) is 0 Å². The van der Waals surface area contributed by atoms with Crippen molar-refractivity contribution >= 4 is 29.6 Å². The van der Waals surface area contributed by atoms with Gasteiger partial charge < -0.3 is 15.2 Å². The summed E-state index contributed by atoms with van der Waals surface area (Å²) in [6.45, 7) is 1.88. The first-order valence-corrected chi connectivity index (χ1v) is 6.79.